The van der Waals surface area contributed by atoms with Crippen LogP contribution in [0.4, 0.5) is 0 Å². The zero-order valence-electron chi connectivity index (χ0n) is 12.9. The van der Waals surface area contributed by atoms with E-state index in [0.717, 1.165) is 0 Å². The van der Waals surface area contributed by atoms with Gasteiger partial charge in [-0.05, 0) is 55.4 Å². The SMILES string of the molecule is CC(C)O.CC(C)O.CC(C)O.CC(C)O.[O]=[W]. The molecule has 0 aliphatic carbocycles. The minimum atomic E-state index is -0.167. The van der Waals surface area contributed by atoms with Gasteiger partial charge in [-0.2, -0.15) is 0 Å². The van der Waals surface area contributed by atoms with E-state index in [-0.39, 0.29) is 24.4 Å². The maximum absolute atomic E-state index is 8.33. The third-order valence-corrected chi connectivity index (χ3v) is 0. The molecule has 0 fully saturated rings. The van der Waals surface area contributed by atoms with Crippen LogP contribution in [-0.2, 0) is 23.2 Å². The number of hydrogen-bond donors (Lipinski definition) is 4. The summed E-state index contributed by atoms with van der Waals surface area (Å²) in [6.45, 7) is 13.8. The molecule has 0 heterocycles. The minimum absolute atomic E-state index is 0.167. The fourth-order valence-corrected chi connectivity index (χ4v) is 0. The van der Waals surface area contributed by atoms with Crippen LogP contribution in [0, 0.1) is 0 Å². The molecule has 0 bridgehead atoms. The Hall–Kier alpha value is 0.328. The van der Waals surface area contributed by atoms with Gasteiger partial charge in [-0.25, -0.2) is 0 Å². The van der Waals surface area contributed by atoms with Gasteiger partial charge in [-0.1, -0.05) is 0 Å². The van der Waals surface area contributed by atoms with Crippen molar-refractivity contribution in [3.8, 4) is 0 Å². The molecule has 0 atom stereocenters. The first-order chi connectivity index (χ1) is 7.93. The van der Waals surface area contributed by atoms with E-state index in [4.69, 9.17) is 23.8 Å². The Morgan fingerprint density at radius 2 is 0.500 bits per heavy atom. The Balaban J connectivity index is -0.0000000399. The standard InChI is InChI=1S/4C3H8O.O.W/c4*1-3(2)4;;/h4*3-4H,1-2H3;;. The van der Waals surface area contributed by atoms with Gasteiger partial charge in [0.1, 0.15) is 0 Å². The fourth-order valence-electron chi connectivity index (χ4n) is 0. The van der Waals surface area contributed by atoms with Crippen molar-refractivity contribution in [2.24, 2.45) is 0 Å². The van der Waals surface area contributed by atoms with Crippen LogP contribution in [0.25, 0.3) is 0 Å². The average Bonchev–Trinajstić information content (AvgIpc) is 2.01. The van der Waals surface area contributed by atoms with Gasteiger partial charge < -0.3 is 20.4 Å². The van der Waals surface area contributed by atoms with Gasteiger partial charge in [0.2, 0.25) is 0 Å². The number of rotatable bonds is 0. The van der Waals surface area contributed by atoms with Gasteiger partial charge in [-0.15, -0.1) is 0 Å². The summed E-state index contributed by atoms with van der Waals surface area (Å²) in [6, 6.07) is 0. The molecule has 0 aromatic rings. The van der Waals surface area contributed by atoms with Crippen molar-refractivity contribution in [2.45, 2.75) is 79.8 Å². The van der Waals surface area contributed by atoms with E-state index in [1.54, 1.807) is 55.4 Å². The first-order valence-corrected chi connectivity index (χ1v) is 7.02. The fraction of sp³-hybridized carbons (Fsp3) is 1.00. The molecular formula is C12H32O5W. The number of aliphatic hydroxyl groups excluding tert-OH is 4. The van der Waals surface area contributed by atoms with E-state index < -0.39 is 0 Å². The third kappa shape index (κ3) is 35600. The molecule has 0 radical (unpaired) electrons. The van der Waals surface area contributed by atoms with E-state index in [0.29, 0.717) is 19.8 Å². The van der Waals surface area contributed by atoms with Gasteiger partial charge >= 0.3 is 23.2 Å². The molecule has 4 N–H and O–H groups in total. The summed E-state index contributed by atoms with van der Waals surface area (Å²) in [7, 11) is 0. The average molecular weight is 440 g/mol. The second-order valence-corrected chi connectivity index (χ2v) is 4.37. The van der Waals surface area contributed by atoms with Crippen molar-refractivity contribution in [2.75, 3.05) is 0 Å². The van der Waals surface area contributed by atoms with Gasteiger partial charge in [0, 0.05) is 24.4 Å². The van der Waals surface area contributed by atoms with Crippen molar-refractivity contribution >= 4 is 0 Å². The maximum atomic E-state index is 8.33. The molecule has 6 heteroatoms. The second-order valence-electron chi connectivity index (χ2n) is 4.37. The Morgan fingerprint density at radius 1 is 0.500 bits per heavy atom. The van der Waals surface area contributed by atoms with Gasteiger partial charge in [0.25, 0.3) is 0 Å². The molecule has 5 nitrogen and oxygen atoms in total. The van der Waals surface area contributed by atoms with Crippen molar-refractivity contribution in [3.05, 3.63) is 0 Å². The molecule has 0 saturated carbocycles. The van der Waals surface area contributed by atoms with E-state index in [9.17, 15) is 0 Å². The zero-order valence-corrected chi connectivity index (χ0v) is 15.8. The van der Waals surface area contributed by atoms with Crippen LogP contribution in [0.1, 0.15) is 55.4 Å². The van der Waals surface area contributed by atoms with Crippen LogP contribution >= 0.6 is 0 Å². The molecule has 0 aliphatic heterocycles. The van der Waals surface area contributed by atoms with Crippen LogP contribution in [0.5, 0.6) is 0 Å². The molecule has 0 saturated heterocycles. The van der Waals surface area contributed by atoms with Crippen molar-refractivity contribution in [3.63, 3.8) is 0 Å². The second kappa shape index (κ2) is 30.4. The molecule has 0 amide bonds. The molecule has 116 valence electrons. The van der Waals surface area contributed by atoms with Gasteiger partial charge in [0.05, 0.1) is 0 Å². The molecular weight excluding hydrogens is 408 g/mol. The summed E-state index contributed by atoms with van der Waals surface area (Å²) in [5.74, 6) is 0. The topological polar surface area (TPSA) is 98.0 Å². The van der Waals surface area contributed by atoms with E-state index >= 15 is 0 Å². The summed E-state index contributed by atoms with van der Waals surface area (Å²) in [4.78, 5) is 0. The van der Waals surface area contributed by atoms with Crippen LogP contribution < -0.4 is 0 Å². The van der Waals surface area contributed by atoms with Crippen molar-refractivity contribution in [1.29, 1.82) is 0 Å². The predicted octanol–water partition coefficient (Wildman–Crippen LogP) is 1.43. The summed E-state index contributed by atoms with van der Waals surface area (Å²) in [5.41, 5.74) is 0. The predicted molar refractivity (Wildman–Crippen MR) is 70.1 cm³/mol. The van der Waals surface area contributed by atoms with Crippen LogP contribution in [0.15, 0.2) is 0 Å². The van der Waals surface area contributed by atoms with E-state index in [1.807, 2.05) is 0 Å². The number of aliphatic hydroxyl groups is 4. The van der Waals surface area contributed by atoms with Crippen molar-refractivity contribution < 1.29 is 43.6 Å². The van der Waals surface area contributed by atoms with Gasteiger partial charge in [-0.3, -0.25) is 0 Å². The summed E-state index contributed by atoms with van der Waals surface area (Å²) in [5, 5.41) is 32.2. The van der Waals surface area contributed by atoms with Crippen molar-refractivity contribution in [1.82, 2.24) is 0 Å². The first-order valence-electron chi connectivity index (χ1n) is 5.82. The normalized spacial score (nSPS) is 8.22. The van der Waals surface area contributed by atoms with E-state index in [1.165, 1.54) is 0 Å². The quantitative estimate of drug-likeness (QED) is 0.457. The molecule has 0 aliphatic rings. The summed E-state index contributed by atoms with van der Waals surface area (Å²) in [6.07, 6.45) is -0.667. The Labute approximate surface area is 123 Å². The Morgan fingerprint density at radius 3 is 0.500 bits per heavy atom. The Kier molecular flexibility index (Phi) is 52.3. The first kappa shape index (κ1) is 31.0. The van der Waals surface area contributed by atoms with Crippen LogP contribution in [-0.4, -0.2) is 44.8 Å². The molecule has 0 aromatic carbocycles. The molecule has 18 heavy (non-hydrogen) atoms. The molecule has 0 rings (SSSR count). The molecule has 0 unspecified atom stereocenters. The van der Waals surface area contributed by atoms with Crippen LogP contribution in [0.2, 0.25) is 0 Å². The number of hydrogen-bond acceptors (Lipinski definition) is 5. The third-order valence-electron chi connectivity index (χ3n) is 0. The zero-order chi connectivity index (χ0) is 16.3. The summed E-state index contributed by atoms with van der Waals surface area (Å²) < 4.78 is 8.33. The van der Waals surface area contributed by atoms with E-state index in [2.05, 4.69) is 0 Å². The Bertz CT molecular complexity index is 73.6. The van der Waals surface area contributed by atoms with Crippen LogP contribution in [0.3, 0.4) is 0 Å². The summed E-state index contributed by atoms with van der Waals surface area (Å²) >= 11 is 0.333. The van der Waals surface area contributed by atoms with Gasteiger partial charge in [0.15, 0.2) is 0 Å². The molecule has 0 spiro atoms. The monoisotopic (exact) mass is 440 g/mol. The molecule has 0 aromatic heterocycles.